The van der Waals surface area contributed by atoms with Crippen LogP contribution in [0.15, 0.2) is 43.0 Å². The van der Waals surface area contributed by atoms with Gasteiger partial charge in [0.15, 0.2) is 0 Å². The Kier molecular flexibility index (Phi) is 7.09. The summed E-state index contributed by atoms with van der Waals surface area (Å²) in [6.45, 7) is 10.6. The molecule has 0 N–H and O–H groups in total. The standard InChI is InChI=1S/C19H28BNO3PS/c1-5-16-15(13-23-26-25-20)11-17(18(22)24-19(2,3)4)21(16)12-14-9-7-6-8-10-14/h5-10,15-17,20,25H,1,11-13H2,2-4H3/t15-,16-,17+,25?/m0/s1/i20T,25D. The van der Waals surface area contributed by atoms with Gasteiger partial charge in [-0.2, -0.15) is 0 Å². The molecule has 1 aliphatic heterocycles. The predicted octanol–water partition coefficient (Wildman–Crippen LogP) is 3.85. The quantitative estimate of drug-likeness (QED) is 0.209. The van der Waals surface area contributed by atoms with E-state index in [4.69, 9.17) is 11.5 Å². The van der Waals surface area contributed by atoms with Crippen LogP contribution in [0.2, 0.25) is 0 Å². The van der Waals surface area contributed by atoms with E-state index in [1.807, 2.05) is 57.2 Å². The molecule has 1 aromatic rings. The van der Waals surface area contributed by atoms with Crippen molar-refractivity contribution < 1.29 is 13.7 Å². The third-order valence-electron chi connectivity index (χ3n) is 4.30. The fourth-order valence-electron chi connectivity index (χ4n) is 3.29. The van der Waals surface area contributed by atoms with E-state index >= 15 is 0 Å². The lowest BCUT2D eigenvalue weighted by Crippen LogP contribution is -2.43. The lowest BCUT2D eigenvalue weighted by Gasteiger charge is -2.30. The van der Waals surface area contributed by atoms with E-state index < -0.39 is 13.2 Å². The zero-order valence-electron chi connectivity index (χ0n) is 17.6. The molecule has 141 valence electrons. The monoisotopic (exact) mass is 395 g/mol. The van der Waals surface area contributed by atoms with Crippen LogP contribution >= 0.6 is 19.3 Å². The van der Waals surface area contributed by atoms with Crippen molar-refractivity contribution in [3.63, 3.8) is 0 Å². The predicted molar refractivity (Wildman–Crippen MR) is 113 cm³/mol. The molecule has 26 heavy (non-hydrogen) atoms. The summed E-state index contributed by atoms with van der Waals surface area (Å²) in [6, 6.07) is 9.63. The molecule has 0 saturated carbocycles. The van der Waals surface area contributed by atoms with Gasteiger partial charge in [0.25, 0.3) is 0 Å². The molecule has 7 heteroatoms. The average Bonchev–Trinajstić information content (AvgIpc) is 2.98. The Morgan fingerprint density at radius 3 is 2.92 bits per heavy atom. The van der Waals surface area contributed by atoms with Crippen molar-refractivity contribution in [1.29, 1.82) is 2.61 Å². The van der Waals surface area contributed by atoms with Gasteiger partial charge in [0.1, 0.15) is 19.2 Å². The topological polar surface area (TPSA) is 38.8 Å². The van der Waals surface area contributed by atoms with Crippen LogP contribution in [0.1, 0.15) is 32.8 Å². The number of carbonyl (C=O) groups is 1. The zero-order chi connectivity index (χ0) is 20.7. The number of hydrogen-bond acceptors (Lipinski definition) is 5. The minimum absolute atomic E-state index is 0.0322. The van der Waals surface area contributed by atoms with Crippen molar-refractivity contribution in [2.75, 3.05) is 6.61 Å². The summed E-state index contributed by atoms with van der Waals surface area (Å²) in [6.07, 6.45) is 2.48. The third kappa shape index (κ3) is 6.12. The Hall–Kier alpha value is -0.805. The molecule has 0 amide bonds. The normalized spacial score (nSPS) is 25.9. The van der Waals surface area contributed by atoms with Crippen molar-refractivity contribution in [3.8, 4) is 0 Å². The molecule has 4 nitrogen and oxygen atoms in total. The van der Waals surface area contributed by atoms with Gasteiger partial charge in [-0.15, -0.1) is 6.58 Å². The summed E-state index contributed by atoms with van der Waals surface area (Å²) in [5, 5.41) is 0. The van der Waals surface area contributed by atoms with E-state index in [2.05, 4.69) is 11.5 Å². The lowest BCUT2D eigenvalue weighted by molar-refractivity contribution is -0.160. The Morgan fingerprint density at radius 2 is 2.31 bits per heavy atom. The molecule has 1 unspecified atom stereocenters. The SMILES string of the molecule is [2H]P([B][3H])SOC[C@@H]1C[C@H](C(=O)OC(C)(C)C)N(Cc2ccccc2)[C@H]1C=C. The summed E-state index contributed by atoms with van der Waals surface area (Å²) in [4.78, 5) is 15.0. The molecule has 1 saturated heterocycles. The fourth-order valence-corrected chi connectivity index (χ4v) is 3.96. The first-order valence-electron chi connectivity index (χ1n) is 9.72. The smallest absolute Gasteiger partial charge is 0.323 e. The first kappa shape index (κ1) is 18.6. The van der Waals surface area contributed by atoms with Crippen LogP contribution in [0.5, 0.6) is 0 Å². The number of carbonyl (C=O) groups excluding carboxylic acids is 1. The summed E-state index contributed by atoms with van der Waals surface area (Å²) in [5.74, 6) is -0.159. The highest BCUT2D eigenvalue weighted by atomic mass is 32.7. The van der Waals surface area contributed by atoms with E-state index in [0.717, 1.165) is 24.8 Å². The van der Waals surface area contributed by atoms with Crippen LogP contribution in [-0.2, 0) is 20.3 Å². The summed E-state index contributed by atoms with van der Waals surface area (Å²) in [5.41, 5.74) is 0.576. The maximum atomic E-state index is 12.9. The molecule has 2 rings (SSSR count). The Bertz CT molecular complexity index is 650. The van der Waals surface area contributed by atoms with Crippen molar-refractivity contribution in [2.24, 2.45) is 5.92 Å². The molecule has 0 aliphatic carbocycles. The number of rotatable bonds is 9. The third-order valence-corrected chi connectivity index (χ3v) is 5.20. The van der Waals surface area contributed by atoms with Crippen molar-refractivity contribution in [2.45, 2.75) is 51.4 Å². The molecule has 0 aromatic heterocycles. The van der Waals surface area contributed by atoms with Crippen LogP contribution < -0.4 is 0 Å². The fraction of sp³-hybridized carbons (Fsp3) is 0.526. The summed E-state index contributed by atoms with van der Waals surface area (Å²) >= 11 is 1.02. The Balaban J connectivity index is 2.16. The molecular formula is C19H28BNO3PS. The van der Waals surface area contributed by atoms with Crippen LogP contribution in [0.4, 0.5) is 0 Å². The zero-order valence-corrected chi connectivity index (χ0v) is 17.3. The summed E-state index contributed by atoms with van der Waals surface area (Å²) < 4.78 is 26.1. The number of benzene rings is 1. The van der Waals surface area contributed by atoms with Gasteiger partial charge in [0.05, 0.1) is 7.89 Å². The molecule has 1 radical (unpaired) electrons. The lowest BCUT2D eigenvalue weighted by atomic mass is 10.00. The number of likely N-dealkylation sites (tertiary alicyclic amines) is 1. The highest BCUT2D eigenvalue weighted by Crippen LogP contribution is 2.36. The van der Waals surface area contributed by atoms with Gasteiger partial charge < -0.3 is 8.92 Å². The number of esters is 1. The molecule has 1 fully saturated rings. The van der Waals surface area contributed by atoms with Gasteiger partial charge in [-0.25, -0.2) is 0 Å². The molecule has 1 aliphatic rings. The minimum Gasteiger partial charge on any atom is -0.459 e. The minimum atomic E-state index is -1.35. The van der Waals surface area contributed by atoms with E-state index in [0.29, 0.717) is 19.6 Å². The number of nitrogens with zero attached hydrogens (tertiary/aromatic N) is 1. The second kappa shape index (κ2) is 9.94. The first-order valence-corrected chi connectivity index (χ1v) is 11.0. The van der Waals surface area contributed by atoms with Gasteiger partial charge in [0, 0.05) is 30.2 Å². The van der Waals surface area contributed by atoms with Gasteiger partial charge in [-0.3, -0.25) is 9.69 Å². The molecule has 0 bridgehead atoms. The molecular weight excluding hydrogens is 364 g/mol. The van der Waals surface area contributed by atoms with Gasteiger partial charge in [0.2, 0.25) is 0 Å². The molecule has 4 atom stereocenters. The van der Waals surface area contributed by atoms with Gasteiger partial charge in [-0.05, 0) is 34.1 Å². The second-order valence-corrected chi connectivity index (χ2v) is 9.07. The van der Waals surface area contributed by atoms with Gasteiger partial charge >= 0.3 is 5.97 Å². The highest BCUT2D eigenvalue weighted by Gasteiger charge is 2.44. The van der Waals surface area contributed by atoms with Crippen molar-refractivity contribution >= 4 is 32.8 Å². The van der Waals surface area contributed by atoms with Crippen LogP contribution in [-0.4, -0.2) is 45.3 Å². The maximum Gasteiger partial charge on any atom is 0.323 e. The van der Waals surface area contributed by atoms with E-state index in [-0.39, 0.29) is 24.0 Å². The van der Waals surface area contributed by atoms with Crippen LogP contribution in [0, 0.1) is 5.92 Å². The number of ether oxygens (including phenoxy) is 1. The molecule has 1 aromatic carbocycles. The van der Waals surface area contributed by atoms with Crippen molar-refractivity contribution in [1.82, 2.24) is 4.90 Å². The highest BCUT2D eigenvalue weighted by molar-refractivity contribution is 8.53. The second-order valence-electron chi connectivity index (χ2n) is 7.39. The van der Waals surface area contributed by atoms with Crippen LogP contribution in [0.25, 0.3) is 0 Å². The average molecular weight is 395 g/mol. The number of hydrogen-bond donors (Lipinski definition) is 0. The Morgan fingerprint density at radius 1 is 1.58 bits per heavy atom. The van der Waals surface area contributed by atoms with E-state index in [9.17, 15) is 4.79 Å². The first-order chi connectivity index (χ1) is 13.2. The van der Waals surface area contributed by atoms with Gasteiger partial charge in [-0.1, -0.05) is 44.0 Å². The van der Waals surface area contributed by atoms with Crippen LogP contribution in [0.3, 0.4) is 0 Å². The molecule has 1 heterocycles. The maximum absolute atomic E-state index is 12.9. The van der Waals surface area contributed by atoms with Crippen molar-refractivity contribution in [3.05, 3.63) is 48.6 Å². The Labute approximate surface area is 166 Å². The molecule has 0 spiro atoms. The largest absolute Gasteiger partial charge is 0.459 e. The van der Waals surface area contributed by atoms with E-state index in [1.165, 1.54) is 0 Å². The summed E-state index contributed by atoms with van der Waals surface area (Å²) in [7, 11) is -0.267. The van der Waals surface area contributed by atoms with E-state index in [1.54, 1.807) is 0 Å².